The van der Waals surface area contributed by atoms with E-state index in [1.54, 1.807) is 13.8 Å². The molecule has 20 heavy (non-hydrogen) atoms. The van der Waals surface area contributed by atoms with Gasteiger partial charge in [0.1, 0.15) is 11.6 Å². The van der Waals surface area contributed by atoms with E-state index in [4.69, 9.17) is 10.5 Å². The van der Waals surface area contributed by atoms with E-state index >= 15 is 0 Å². The van der Waals surface area contributed by atoms with Crippen LogP contribution in [0.25, 0.3) is 0 Å². The lowest BCUT2D eigenvalue weighted by atomic mass is 10.1. The van der Waals surface area contributed by atoms with Gasteiger partial charge in [0.2, 0.25) is 0 Å². The van der Waals surface area contributed by atoms with Crippen LogP contribution in [0.3, 0.4) is 0 Å². The van der Waals surface area contributed by atoms with Crippen molar-refractivity contribution in [3.63, 3.8) is 0 Å². The number of halogens is 1. The summed E-state index contributed by atoms with van der Waals surface area (Å²) in [5.41, 5.74) is 6.00. The highest BCUT2D eigenvalue weighted by molar-refractivity contribution is 5.81. The molecule has 1 amide bonds. The van der Waals surface area contributed by atoms with Crippen LogP contribution >= 0.6 is 0 Å². The number of amides is 1. The molecule has 0 aromatic heterocycles. The summed E-state index contributed by atoms with van der Waals surface area (Å²) in [6.07, 6.45) is -0.683. The second-order valence-corrected chi connectivity index (χ2v) is 5.97. The number of nitrogens with one attached hydrogen (secondary N) is 1. The highest BCUT2D eigenvalue weighted by Crippen LogP contribution is 2.25. The van der Waals surface area contributed by atoms with E-state index in [2.05, 4.69) is 5.32 Å². The normalized spacial score (nSPS) is 14.6. The van der Waals surface area contributed by atoms with E-state index in [1.165, 1.54) is 18.2 Å². The van der Waals surface area contributed by atoms with E-state index in [0.29, 0.717) is 11.3 Å². The van der Waals surface area contributed by atoms with Crippen molar-refractivity contribution < 1.29 is 13.9 Å². The maximum absolute atomic E-state index is 13.2. The van der Waals surface area contributed by atoms with Gasteiger partial charge in [-0.1, -0.05) is 0 Å². The average Bonchev–Trinajstić information content (AvgIpc) is 2.28. The summed E-state index contributed by atoms with van der Waals surface area (Å²) in [4.78, 5) is 12.0. The standard InChI is InChI=1S/C15H23FN2O2/c1-9(17)12-8-11(16)6-7-13(12)20-10(2)14(19)18-15(3,4)5/h6-10H,17H2,1-5H3,(H,18,19)/t9-,10?/m1/s1. The number of hydrogen-bond acceptors (Lipinski definition) is 3. The third-order valence-corrected chi connectivity index (χ3v) is 2.63. The summed E-state index contributed by atoms with van der Waals surface area (Å²) in [7, 11) is 0. The lowest BCUT2D eigenvalue weighted by molar-refractivity contribution is -0.128. The van der Waals surface area contributed by atoms with E-state index in [0.717, 1.165) is 0 Å². The summed E-state index contributed by atoms with van der Waals surface area (Å²) in [6.45, 7) is 9.06. The Balaban J connectivity index is 2.85. The molecule has 1 rings (SSSR count). The van der Waals surface area contributed by atoms with Crippen LogP contribution in [0.5, 0.6) is 5.75 Å². The van der Waals surface area contributed by atoms with Crippen molar-refractivity contribution in [2.45, 2.75) is 52.3 Å². The van der Waals surface area contributed by atoms with Crippen LogP contribution in [0.15, 0.2) is 18.2 Å². The minimum atomic E-state index is -0.683. The van der Waals surface area contributed by atoms with Crippen LogP contribution in [0.1, 0.15) is 46.2 Å². The predicted molar refractivity (Wildman–Crippen MR) is 77.0 cm³/mol. The lowest BCUT2D eigenvalue weighted by Crippen LogP contribution is -2.46. The summed E-state index contributed by atoms with van der Waals surface area (Å²) in [6, 6.07) is 3.73. The second-order valence-electron chi connectivity index (χ2n) is 5.97. The molecule has 1 aromatic carbocycles. The highest BCUT2D eigenvalue weighted by Gasteiger charge is 2.22. The van der Waals surface area contributed by atoms with E-state index in [-0.39, 0.29) is 23.3 Å². The fourth-order valence-corrected chi connectivity index (χ4v) is 1.70. The molecular formula is C15H23FN2O2. The number of carbonyl (C=O) groups excluding carboxylic acids is 1. The molecule has 3 N–H and O–H groups in total. The summed E-state index contributed by atoms with van der Waals surface area (Å²) in [5, 5.41) is 2.83. The van der Waals surface area contributed by atoms with Gasteiger partial charge in [0, 0.05) is 17.1 Å². The molecule has 0 aliphatic heterocycles. The third kappa shape index (κ3) is 4.81. The fourth-order valence-electron chi connectivity index (χ4n) is 1.70. The molecule has 4 nitrogen and oxygen atoms in total. The third-order valence-electron chi connectivity index (χ3n) is 2.63. The number of nitrogens with two attached hydrogens (primary N) is 1. The van der Waals surface area contributed by atoms with Crippen LogP contribution in [0.2, 0.25) is 0 Å². The molecule has 0 aliphatic rings. The van der Waals surface area contributed by atoms with E-state index in [1.807, 2.05) is 20.8 Å². The molecule has 112 valence electrons. The molecule has 0 saturated carbocycles. The molecule has 2 atom stereocenters. The Bertz CT molecular complexity index is 481. The van der Waals surface area contributed by atoms with Crippen LogP contribution in [-0.4, -0.2) is 17.6 Å². The zero-order chi connectivity index (χ0) is 15.5. The highest BCUT2D eigenvalue weighted by atomic mass is 19.1. The van der Waals surface area contributed by atoms with Crippen LogP contribution in [0, 0.1) is 5.82 Å². The lowest BCUT2D eigenvalue weighted by Gasteiger charge is -2.24. The molecule has 0 aliphatic carbocycles. The Hall–Kier alpha value is -1.62. The summed E-state index contributed by atoms with van der Waals surface area (Å²) < 4.78 is 18.8. The number of hydrogen-bond donors (Lipinski definition) is 2. The Morgan fingerprint density at radius 3 is 2.45 bits per heavy atom. The zero-order valence-corrected chi connectivity index (χ0v) is 12.7. The zero-order valence-electron chi connectivity index (χ0n) is 12.7. The first-order chi connectivity index (χ1) is 9.10. The van der Waals surface area contributed by atoms with Crippen molar-refractivity contribution in [2.24, 2.45) is 5.73 Å². The number of benzene rings is 1. The Kier molecular flexibility index (Phi) is 5.11. The van der Waals surface area contributed by atoms with Gasteiger partial charge in [-0.2, -0.15) is 0 Å². The molecular weight excluding hydrogens is 259 g/mol. The Labute approximate surface area is 119 Å². The van der Waals surface area contributed by atoms with Crippen molar-refractivity contribution in [1.82, 2.24) is 5.32 Å². The maximum Gasteiger partial charge on any atom is 0.261 e. The first-order valence-electron chi connectivity index (χ1n) is 6.64. The monoisotopic (exact) mass is 282 g/mol. The van der Waals surface area contributed by atoms with Gasteiger partial charge in [0.25, 0.3) is 5.91 Å². The van der Waals surface area contributed by atoms with Crippen LogP contribution in [0.4, 0.5) is 4.39 Å². The molecule has 1 unspecified atom stereocenters. The maximum atomic E-state index is 13.2. The summed E-state index contributed by atoms with van der Waals surface area (Å²) >= 11 is 0. The SMILES string of the molecule is CC(Oc1ccc(F)cc1[C@@H](C)N)C(=O)NC(C)(C)C. The van der Waals surface area contributed by atoms with E-state index < -0.39 is 6.10 Å². The smallest absolute Gasteiger partial charge is 0.261 e. The van der Waals surface area contributed by atoms with Crippen LogP contribution in [-0.2, 0) is 4.79 Å². The molecule has 0 bridgehead atoms. The van der Waals surface area contributed by atoms with Gasteiger partial charge < -0.3 is 15.8 Å². The number of carbonyl (C=O) groups is 1. The number of rotatable bonds is 4. The van der Waals surface area contributed by atoms with Crippen molar-refractivity contribution in [3.8, 4) is 5.75 Å². The van der Waals surface area contributed by atoms with Gasteiger partial charge in [-0.25, -0.2) is 4.39 Å². The second kappa shape index (κ2) is 6.22. The minimum Gasteiger partial charge on any atom is -0.481 e. The van der Waals surface area contributed by atoms with Crippen molar-refractivity contribution in [1.29, 1.82) is 0 Å². The first kappa shape index (κ1) is 16.4. The van der Waals surface area contributed by atoms with Crippen LogP contribution < -0.4 is 15.8 Å². The summed E-state index contributed by atoms with van der Waals surface area (Å²) in [5.74, 6) is -0.174. The van der Waals surface area contributed by atoms with Crippen molar-refractivity contribution in [3.05, 3.63) is 29.6 Å². The topological polar surface area (TPSA) is 64.3 Å². The van der Waals surface area contributed by atoms with Gasteiger partial charge in [0.15, 0.2) is 6.10 Å². The average molecular weight is 282 g/mol. The predicted octanol–water partition coefficient (Wildman–Crippen LogP) is 2.53. The molecule has 0 fully saturated rings. The van der Waals surface area contributed by atoms with Gasteiger partial charge in [-0.15, -0.1) is 0 Å². The largest absolute Gasteiger partial charge is 0.481 e. The first-order valence-corrected chi connectivity index (χ1v) is 6.64. The molecule has 0 heterocycles. The Morgan fingerprint density at radius 2 is 1.95 bits per heavy atom. The molecule has 1 aromatic rings. The minimum absolute atomic E-state index is 0.225. The van der Waals surface area contributed by atoms with Gasteiger partial charge in [-0.05, 0) is 52.8 Å². The molecule has 5 heteroatoms. The Morgan fingerprint density at radius 1 is 1.35 bits per heavy atom. The molecule has 0 spiro atoms. The molecule has 0 saturated heterocycles. The van der Waals surface area contributed by atoms with Gasteiger partial charge in [0.05, 0.1) is 0 Å². The van der Waals surface area contributed by atoms with Gasteiger partial charge >= 0.3 is 0 Å². The fraction of sp³-hybridized carbons (Fsp3) is 0.533. The van der Waals surface area contributed by atoms with Gasteiger partial charge in [-0.3, -0.25) is 4.79 Å². The molecule has 0 radical (unpaired) electrons. The van der Waals surface area contributed by atoms with Crippen molar-refractivity contribution >= 4 is 5.91 Å². The van der Waals surface area contributed by atoms with Crippen molar-refractivity contribution in [2.75, 3.05) is 0 Å². The number of ether oxygens (including phenoxy) is 1. The quantitative estimate of drug-likeness (QED) is 0.892. The van der Waals surface area contributed by atoms with E-state index in [9.17, 15) is 9.18 Å².